The zero-order chi connectivity index (χ0) is 27.4. The summed E-state index contributed by atoms with van der Waals surface area (Å²) in [5.41, 5.74) is 2.97. The molecule has 0 fully saturated rings. The third-order valence-electron chi connectivity index (χ3n) is 6.80. The van der Waals surface area contributed by atoms with E-state index in [4.69, 9.17) is 16.3 Å². The molecule has 0 saturated carbocycles. The van der Waals surface area contributed by atoms with Crippen LogP contribution in [0.15, 0.2) is 61.2 Å². The molecule has 10 heteroatoms. The van der Waals surface area contributed by atoms with Crippen molar-refractivity contribution in [1.29, 1.82) is 0 Å². The number of nitrogens with one attached hydrogen (secondary N) is 1. The molecule has 3 aromatic heterocycles. The molecule has 1 N–H and O–H groups in total. The molecular weight excluding hydrogens is 532 g/mol. The second-order valence-corrected chi connectivity index (χ2v) is 11.3. The van der Waals surface area contributed by atoms with Crippen LogP contribution in [0.2, 0.25) is 5.02 Å². The molecule has 0 bridgehead atoms. The average molecular weight is 563 g/mol. The van der Waals surface area contributed by atoms with E-state index in [0.29, 0.717) is 36.5 Å². The lowest BCUT2D eigenvalue weighted by atomic mass is 10.0. The van der Waals surface area contributed by atoms with E-state index < -0.39 is 0 Å². The smallest absolute Gasteiger partial charge is 0.246 e. The summed E-state index contributed by atoms with van der Waals surface area (Å²) in [6, 6.07) is 9.86. The van der Waals surface area contributed by atoms with Gasteiger partial charge < -0.3 is 19.9 Å². The standard InChI is InChI=1S/C29H31ClN6O2S/c1-19(2)35(3)12-5-7-26(37)36-13-10-22-25(16-36)39-29-27(22)28(32-18-33-29)34-21-8-9-24(23(30)14-21)38-17-20-6-4-11-31-15-20/h4-9,11,14-15,18-19H,10,12-13,16-17H2,1-3H3,(H,32,33,34). The lowest BCUT2D eigenvalue weighted by molar-refractivity contribution is -0.126. The van der Waals surface area contributed by atoms with E-state index in [-0.39, 0.29) is 5.91 Å². The highest BCUT2D eigenvalue weighted by atomic mass is 35.5. The van der Waals surface area contributed by atoms with E-state index in [9.17, 15) is 4.79 Å². The van der Waals surface area contributed by atoms with Crippen molar-refractivity contribution in [3.05, 3.63) is 82.2 Å². The van der Waals surface area contributed by atoms with Crippen molar-refractivity contribution in [3.63, 3.8) is 0 Å². The number of aromatic nitrogens is 3. The first-order valence-corrected chi connectivity index (χ1v) is 14.1. The van der Waals surface area contributed by atoms with Crippen LogP contribution in [0.25, 0.3) is 10.2 Å². The summed E-state index contributed by atoms with van der Waals surface area (Å²) in [6.45, 7) is 6.64. The molecular formula is C29H31ClN6O2S. The number of hydrogen-bond acceptors (Lipinski definition) is 8. The lowest BCUT2D eigenvalue weighted by Crippen LogP contribution is -2.34. The lowest BCUT2D eigenvalue weighted by Gasteiger charge is -2.26. The number of benzene rings is 1. The fourth-order valence-electron chi connectivity index (χ4n) is 4.32. The van der Waals surface area contributed by atoms with Crippen LogP contribution in [-0.2, 0) is 24.4 Å². The number of pyridine rings is 1. The number of amides is 1. The first kappa shape index (κ1) is 27.1. The quantitative estimate of drug-likeness (QED) is 0.256. The first-order valence-electron chi connectivity index (χ1n) is 12.9. The van der Waals surface area contributed by atoms with Gasteiger partial charge >= 0.3 is 0 Å². The van der Waals surface area contributed by atoms with Crippen LogP contribution in [0.3, 0.4) is 0 Å². The van der Waals surface area contributed by atoms with Gasteiger partial charge in [-0.05, 0) is 57.1 Å². The maximum Gasteiger partial charge on any atom is 0.246 e. The Bertz CT molecular complexity index is 1490. The molecule has 1 amide bonds. The molecule has 1 aromatic carbocycles. The van der Waals surface area contributed by atoms with E-state index in [0.717, 1.165) is 45.1 Å². The minimum Gasteiger partial charge on any atom is -0.487 e. The highest BCUT2D eigenvalue weighted by Crippen LogP contribution is 2.38. The predicted molar refractivity (Wildman–Crippen MR) is 157 cm³/mol. The van der Waals surface area contributed by atoms with Crippen molar-refractivity contribution < 1.29 is 9.53 Å². The molecule has 202 valence electrons. The Morgan fingerprint density at radius 2 is 2.18 bits per heavy atom. The zero-order valence-corrected chi connectivity index (χ0v) is 23.8. The molecule has 4 heterocycles. The van der Waals surface area contributed by atoms with Gasteiger partial charge in [0.05, 0.1) is 17.0 Å². The van der Waals surface area contributed by atoms with E-state index >= 15 is 0 Å². The Balaban J connectivity index is 1.29. The monoisotopic (exact) mass is 562 g/mol. The maximum atomic E-state index is 12.8. The zero-order valence-electron chi connectivity index (χ0n) is 22.2. The van der Waals surface area contributed by atoms with Gasteiger partial charge in [-0.2, -0.15) is 0 Å². The summed E-state index contributed by atoms with van der Waals surface area (Å²) in [7, 11) is 2.05. The van der Waals surface area contributed by atoms with Crippen molar-refractivity contribution in [2.45, 2.75) is 39.5 Å². The predicted octanol–water partition coefficient (Wildman–Crippen LogP) is 5.84. The highest BCUT2D eigenvalue weighted by Gasteiger charge is 2.25. The Labute approximate surface area is 237 Å². The highest BCUT2D eigenvalue weighted by molar-refractivity contribution is 7.19. The maximum absolute atomic E-state index is 12.8. The normalized spacial score (nSPS) is 13.4. The Kier molecular flexibility index (Phi) is 8.40. The summed E-state index contributed by atoms with van der Waals surface area (Å²) in [5, 5.41) is 4.92. The Morgan fingerprint density at radius 1 is 1.31 bits per heavy atom. The molecule has 4 aromatic rings. The van der Waals surface area contributed by atoms with Crippen molar-refractivity contribution in [2.24, 2.45) is 0 Å². The molecule has 39 heavy (non-hydrogen) atoms. The van der Waals surface area contributed by atoms with Gasteiger partial charge in [0, 0.05) is 53.7 Å². The second-order valence-electron chi connectivity index (χ2n) is 9.77. The van der Waals surface area contributed by atoms with Gasteiger partial charge in [0.15, 0.2) is 0 Å². The Morgan fingerprint density at radius 3 is 2.95 bits per heavy atom. The van der Waals surface area contributed by atoms with Gasteiger partial charge in [0.2, 0.25) is 5.91 Å². The molecule has 0 unspecified atom stereocenters. The first-order chi connectivity index (χ1) is 18.9. The Hall–Kier alpha value is -3.53. The minimum atomic E-state index is 0.0418. The van der Waals surface area contributed by atoms with Crippen molar-refractivity contribution >= 4 is 50.6 Å². The molecule has 0 radical (unpaired) electrons. The average Bonchev–Trinajstić information content (AvgIpc) is 3.32. The minimum absolute atomic E-state index is 0.0418. The van der Waals surface area contributed by atoms with Crippen LogP contribution in [0.4, 0.5) is 11.5 Å². The number of carbonyl (C=O) groups is 1. The number of halogens is 1. The fourth-order valence-corrected chi connectivity index (χ4v) is 5.76. The third-order valence-corrected chi connectivity index (χ3v) is 8.22. The van der Waals surface area contributed by atoms with Crippen molar-refractivity contribution in [1.82, 2.24) is 24.8 Å². The van der Waals surface area contributed by atoms with E-state index in [1.165, 1.54) is 5.56 Å². The largest absolute Gasteiger partial charge is 0.487 e. The number of nitrogens with zero attached hydrogens (tertiary/aromatic N) is 5. The van der Waals surface area contributed by atoms with Crippen LogP contribution >= 0.6 is 22.9 Å². The fraction of sp³-hybridized carbons (Fsp3) is 0.310. The number of anilines is 2. The SMILES string of the molecule is CC(C)N(C)CC=CC(=O)N1CCc2c(sc3ncnc(Nc4ccc(OCc5cccnc5)c(Cl)c4)c23)C1. The summed E-state index contributed by atoms with van der Waals surface area (Å²) in [5.74, 6) is 1.37. The topological polar surface area (TPSA) is 83.5 Å². The number of hydrogen-bond donors (Lipinski definition) is 1. The van der Waals surface area contributed by atoms with Gasteiger partial charge in [0.25, 0.3) is 0 Å². The second kappa shape index (κ2) is 12.1. The van der Waals surface area contributed by atoms with Crippen LogP contribution < -0.4 is 10.1 Å². The molecule has 0 spiro atoms. The van der Waals surface area contributed by atoms with Gasteiger partial charge in [-0.1, -0.05) is 23.7 Å². The summed E-state index contributed by atoms with van der Waals surface area (Å²) in [4.78, 5) is 32.1. The van der Waals surface area contributed by atoms with E-state index in [1.54, 1.807) is 36.1 Å². The number of carbonyl (C=O) groups excluding carboxylic acids is 1. The number of likely N-dealkylation sites (N-methyl/N-ethyl adjacent to an activating group) is 1. The van der Waals surface area contributed by atoms with Crippen LogP contribution in [0.5, 0.6) is 5.75 Å². The molecule has 1 aliphatic rings. The number of thiophene rings is 1. The van der Waals surface area contributed by atoms with Crippen molar-refractivity contribution in [2.75, 3.05) is 25.5 Å². The number of rotatable bonds is 9. The summed E-state index contributed by atoms with van der Waals surface area (Å²) >= 11 is 8.15. The van der Waals surface area contributed by atoms with Gasteiger partial charge in [-0.25, -0.2) is 9.97 Å². The summed E-state index contributed by atoms with van der Waals surface area (Å²) < 4.78 is 5.87. The molecule has 0 aliphatic carbocycles. The number of fused-ring (bicyclic) bond motifs is 3. The van der Waals surface area contributed by atoms with E-state index in [1.807, 2.05) is 41.3 Å². The summed E-state index contributed by atoms with van der Waals surface area (Å²) in [6.07, 6.45) is 9.45. The number of ether oxygens (including phenoxy) is 1. The van der Waals surface area contributed by atoms with Crippen LogP contribution in [0, 0.1) is 0 Å². The van der Waals surface area contributed by atoms with Crippen LogP contribution in [0.1, 0.15) is 29.9 Å². The molecule has 8 nitrogen and oxygen atoms in total. The van der Waals surface area contributed by atoms with Gasteiger partial charge in [-0.3, -0.25) is 9.78 Å². The third kappa shape index (κ3) is 6.38. The molecule has 0 saturated heterocycles. The molecule has 5 rings (SSSR count). The van der Waals surface area contributed by atoms with Crippen LogP contribution in [-0.4, -0.2) is 56.8 Å². The van der Waals surface area contributed by atoms with Gasteiger partial charge in [-0.15, -0.1) is 11.3 Å². The van der Waals surface area contributed by atoms with Gasteiger partial charge in [0.1, 0.15) is 29.3 Å². The molecule has 1 aliphatic heterocycles. The molecule has 0 atom stereocenters. The van der Waals surface area contributed by atoms with E-state index in [2.05, 4.69) is 46.1 Å². The van der Waals surface area contributed by atoms with Crippen molar-refractivity contribution in [3.8, 4) is 5.75 Å².